The van der Waals surface area contributed by atoms with Gasteiger partial charge in [0.2, 0.25) is 0 Å². The van der Waals surface area contributed by atoms with Gasteiger partial charge in [-0.3, -0.25) is 9.69 Å². The molecular weight excluding hydrogens is 226 g/mol. The summed E-state index contributed by atoms with van der Waals surface area (Å²) in [5.41, 5.74) is -0.429. The van der Waals surface area contributed by atoms with E-state index in [1.807, 2.05) is 0 Å². The van der Waals surface area contributed by atoms with E-state index in [9.17, 15) is 13.2 Å². The number of sulfone groups is 1. The average molecular weight is 245 g/mol. The van der Waals surface area contributed by atoms with Gasteiger partial charge in [-0.15, -0.1) is 0 Å². The highest BCUT2D eigenvalue weighted by Crippen LogP contribution is 2.36. The molecule has 4 nitrogen and oxygen atoms in total. The summed E-state index contributed by atoms with van der Waals surface area (Å²) in [6, 6.07) is 0. The molecule has 2 rings (SSSR count). The van der Waals surface area contributed by atoms with Gasteiger partial charge in [-0.1, -0.05) is 6.92 Å². The first-order valence-electron chi connectivity index (χ1n) is 5.99. The zero-order valence-corrected chi connectivity index (χ0v) is 10.6. The van der Waals surface area contributed by atoms with Crippen LogP contribution in [0.3, 0.4) is 0 Å². The van der Waals surface area contributed by atoms with E-state index in [0.717, 1.165) is 19.5 Å². The summed E-state index contributed by atoms with van der Waals surface area (Å²) in [5.74, 6) is 0.619. The standard InChI is InChI=1S/C11H19NO3S/c1-2-6-12-7-3-10(13)11(12)4-8-16(14,15)9-5-11/h2-9H2,1H3. The van der Waals surface area contributed by atoms with Gasteiger partial charge in [0.15, 0.2) is 5.78 Å². The topological polar surface area (TPSA) is 54.5 Å². The molecule has 0 aromatic carbocycles. The fourth-order valence-corrected chi connectivity index (χ4v) is 4.43. The first kappa shape index (κ1) is 12.0. The van der Waals surface area contributed by atoms with Crippen LogP contribution in [0.5, 0.6) is 0 Å². The predicted molar refractivity (Wildman–Crippen MR) is 62.1 cm³/mol. The maximum absolute atomic E-state index is 12.0. The van der Waals surface area contributed by atoms with Crippen LogP contribution in [0.1, 0.15) is 32.6 Å². The lowest BCUT2D eigenvalue weighted by Crippen LogP contribution is -2.53. The lowest BCUT2D eigenvalue weighted by atomic mass is 9.88. The zero-order valence-electron chi connectivity index (χ0n) is 9.74. The third kappa shape index (κ3) is 1.91. The Hall–Kier alpha value is -0.420. The van der Waals surface area contributed by atoms with E-state index in [1.165, 1.54) is 0 Å². The smallest absolute Gasteiger partial charge is 0.154 e. The van der Waals surface area contributed by atoms with Crippen molar-refractivity contribution in [1.29, 1.82) is 0 Å². The summed E-state index contributed by atoms with van der Waals surface area (Å²) in [4.78, 5) is 14.2. The second-order valence-electron chi connectivity index (χ2n) is 4.84. The van der Waals surface area contributed by atoms with Gasteiger partial charge in [0.1, 0.15) is 9.84 Å². The van der Waals surface area contributed by atoms with E-state index in [1.54, 1.807) is 0 Å². The van der Waals surface area contributed by atoms with Gasteiger partial charge in [0.05, 0.1) is 17.0 Å². The molecular formula is C11H19NO3S. The van der Waals surface area contributed by atoms with E-state index >= 15 is 0 Å². The molecule has 0 atom stereocenters. The van der Waals surface area contributed by atoms with E-state index in [0.29, 0.717) is 19.3 Å². The molecule has 0 saturated carbocycles. The minimum atomic E-state index is -2.89. The highest BCUT2D eigenvalue weighted by Gasteiger charge is 2.50. The monoisotopic (exact) mass is 245 g/mol. The van der Waals surface area contributed by atoms with Crippen molar-refractivity contribution in [2.75, 3.05) is 24.6 Å². The van der Waals surface area contributed by atoms with E-state index in [-0.39, 0.29) is 17.3 Å². The van der Waals surface area contributed by atoms with Gasteiger partial charge >= 0.3 is 0 Å². The van der Waals surface area contributed by atoms with Gasteiger partial charge in [-0.2, -0.15) is 0 Å². The van der Waals surface area contributed by atoms with Crippen molar-refractivity contribution in [3.8, 4) is 0 Å². The third-order valence-electron chi connectivity index (χ3n) is 3.88. The average Bonchev–Trinajstić information content (AvgIpc) is 2.52. The third-order valence-corrected chi connectivity index (χ3v) is 5.53. The predicted octanol–water partition coefficient (Wildman–Crippen LogP) is 0.619. The molecule has 0 amide bonds. The molecule has 1 spiro atoms. The van der Waals surface area contributed by atoms with Crippen molar-refractivity contribution in [1.82, 2.24) is 4.90 Å². The Morgan fingerprint density at radius 1 is 1.31 bits per heavy atom. The van der Waals surface area contributed by atoms with Crippen LogP contribution in [-0.2, 0) is 14.6 Å². The Balaban J connectivity index is 2.19. The van der Waals surface area contributed by atoms with E-state index < -0.39 is 15.4 Å². The Bertz CT molecular complexity index is 374. The molecule has 0 bridgehead atoms. The lowest BCUT2D eigenvalue weighted by Gasteiger charge is -2.39. The number of likely N-dealkylation sites (tertiary alicyclic amines) is 1. The fraction of sp³-hybridized carbons (Fsp3) is 0.909. The molecule has 2 aliphatic rings. The summed E-state index contributed by atoms with van der Waals surface area (Å²) >= 11 is 0. The van der Waals surface area contributed by atoms with Gasteiger partial charge in [0.25, 0.3) is 0 Å². The van der Waals surface area contributed by atoms with Crippen molar-refractivity contribution in [3.63, 3.8) is 0 Å². The highest BCUT2D eigenvalue weighted by atomic mass is 32.2. The van der Waals surface area contributed by atoms with Crippen LogP contribution in [0.15, 0.2) is 0 Å². The summed E-state index contributed by atoms with van der Waals surface area (Å²) < 4.78 is 22.9. The molecule has 2 heterocycles. The van der Waals surface area contributed by atoms with Crippen LogP contribution in [0.2, 0.25) is 0 Å². The summed E-state index contributed by atoms with van der Waals surface area (Å²) in [6.07, 6.45) is 2.63. The molecule has 0 aromatic rings. The quantitative estimate of drug-likeness (QED) is 0.715. The molecule has 0 radical (unpaired) electrons. The summed E-state index contributed by atoms with van der Waals surface area (Å²) in [7, 11) is -2.89. The van der Waals surface area contributed by atoms with Crippen molar-refractivity contribution in [2.45, 2.75) is 38.1 Å². The van der Waals surface area contributed by atoms with Crippen molar-refractivity contribution in [3.05, 3.63) is 0 Å². The largest absolute Gasteiger partial charge is 0.298 e. The summed E-state index contributed by atoms with van der Waals surface area (Å²) in [6.45, 7) is 3.81. The maximum atomic E-state index is 12.0. The lowest BCUT2D eigenvalue weighted by molar-refractivity contribution is -0.125. The van der Waals surface area contributed by atoms with Crippen LogP contribution < -0.4 is 0 Å². The molecule has 92 valence electrons. The minimum absolute atomic E-state index is 0.180. The number of carbonyl (C=O) groups is 1. The molecule has 0 N–H and O–H groups in total. The van der Waals surface area contributed by atoms with Crippen LogP contribution in [0.25, 0.3) is 0 Å². The van der Waals surface area contributed by atoms with Gasteiger partial charge < -0.3 is 0 Å². The molecule has 2 fully saturated rings. The van der Waals surface area contributed by atoms with E-state index in [4.69, 9.17) is 0 Å². The maximum Gasteiger partial charge on any atom is 0.154 e. The van der Waals surface area contributed by atoms with Crippen LogP contribution >= 0.6 is 0 Å². The number of carbonyl (C=O) groups excluding carboxylic acids is 1. The van der Waals surface area contributed by atoms with Crippen LogP contribution in [-0.4, -0.2) is 49.2 Å². The van der Waals surface area contributed by atoms with Gasteiger partial charge in [-0.05, 0) is 25.8 Å². The van der Waals surface area contributed by atoms with Crippen LogP contribution in [0.4, 0.5) is 0 Å². The van der Waals surface area contributed by atoms with Crippen molar-refractivity contribution >= 4 is 15.6 Å². The number of ketones is 1. The first-order valence-corrected chi connectivity index (χ1v) is 7.81. The van der Waals surface area contributed by atoms with Crippen molar-refractivity contribution < 1.29 is 13.2 Å². The van der Waals surface area contributed by atoms with Gasteiger partial charge in [0, 0.05) is 13.0 Å². The Morgan fingerprint density at radius 3 is 2.50 bits per heavy atom. The Morgan fingerprint density at radius 2 is 1.94 bits per heavy atom. The highest BCUT2D eigenvalue weighted by molar-refractivity contribution is 7.91. The fourth-order valence-electron chi connectivity index (χ4n) is 2.93. The number of hydrogen-bond acceptors (Lipinski definition) is 4. The molecule has 16 heavy (non-hydrogen) atoms. The Labute approximate surface area is 96.9 Å². The van der Waals surface area contributed by atoms with Crippen LogP contribution in [0, 0.1) is 0 Å². The zero-order chi connectivity index (χ0) is 11.8. The number of rotatable bonds is 2. The summed E-state index contributed by atoms with van der Waals surface area (Å²) in [5, 5.41) is 0. The second kappa shape index (κ2) is 4.11. The minimum Gasteiger partial charge on any atom is -0.298 e. The van der Waals surface area contributed by atoms with Crippen molar-refractivity contribution in [2.24, 2.45) is 0 Å². The second-order valence-corrected chi connectivity index (χ2v) is 7.15. The SMILES string of the molecule is CCCN1CCC(=O)C12CCS(=O)(=O)CC2. The molecule has 0 unspecified atom stereocenters. The molecule has 5 heteroatoms. The molecule has 2 aliphatic heterocycles. The normalized spacial score (nSPS) is 28.7. The first-order chi connectivity index (χ1) is 7.50. The number of Topliss-reactive ketones (excluding diaryl/α,β-unsaturated/α-hetero) is 1. The molecule has 0 aromatic heterocycles. The number of hydrogen-bond donors (Lipinski definition) is 0. The Kier molecular flexibility index (Phi) is 3.09. The molecule has 0 aliphatic carbocycles. The van der Waals surface area contributed by atoms with E-state index in [2.05, 4.69) is 11.8 Å². The number of nitrogens with zero attached hydrogens (tertiary/aromatic N) is 1. The molecule has 2 saturated heterocycles. The van der Waals surface area contributed by atoms with Gasteiger partial charge in [-0.25, -0.2) is 8.42 Å².